The SMILES string of the molecule is CC(C)C(C#N)NC(=O)Nc1ccc(Cl)c(Cl)c1. The van der Waals surface area contributed by atoms with E-state index >= 15 is 0 Å². The van der Waals surface area contributed by atoms with E-state index in [1.165, 1.54) is 0 Å². The van der Waals surface area contributed by atoms with Gasteiger partial charge in [-0.1, -0.05) is 37.0 Å². The molecule has 1 aromatic carbocycles. The molecule has 1 atom stereocenters. The van der Waals surface area contributed by atoms with Crippen LogP contribution in [0.2, 0.25) is 10.0 Å². The number of amides is 2. The summed E-state index contributed by atoms with van der Waals surface area (Å²) in [4.78, 5) is 11.6. The maximum atomic E-state index is 11.6. The summed E-state index contributed by atoms with van der Waals surface area (Å²) in [5.41, 5.74) is 0.516. The average molecular weight is 286 g/mol. The molecule has 1 rings (SSSR count). The Bertz CT molecular complexity index is 483. The Balaban J connectivity index is 2.65. The zero-order chi connectivity index (χ0) is 13.7. The van der Waals surface area contributed by atoms with E-state index in [-0.39, 0.29) is 5.92 Å². The number of nitrogens with zero attached hydrogens (tertiary/aromatic N) is 1. The molecule has 18 heavy (non-hydrogen) atoms. The van der Waals surface area contributed by atoms with Gasteiger partial charge in [-0.3, -0.25) is 0 Å². The summed E-state index contributed by atoms with van der Waals surface area (Å²) in [5, 5.41) is 14.8. The van der Waals surface area contributed by atoms with Crippen LogP contribution in [-0.4, -0.2) is 12.1 Å². The van der Waals surface area contributed by atoms with E-state index < -0.39 is 12.1 Å². The second-order valence-electron chi connectivity index (χ2n) is 4.08. The second kappa shape index (κ2) is 6.48. The maximum absolute atomic E-state index is 11.6. The van der Waals surface area contributed by atoms with Crippen molar-refractivity contribution in [1.29, 1.82) is 5.26 Å². The van der Waals surface area contributed by atoms with Gasteiger partial charge in [0.25, 0.3) is 0 Å². The van der Waals surface area contributed by atoms with E-state index in [0.29, 0.717) is 15.7 Å². The Labute approximate surface area is 116 Å². The second-order valence-corrected chi connectivity index (χ2v) is 4.89. The van der Waals surface area contributed by atoms with Gasteiger partial charge in [-0.25, -0.2) is 4.79 Å². The van der Waals surface area contributed by atoms with Crippen LogP contribution in [0.3, 0.4) is 0 Å². The number of benzene rings is 1. The topological polar surface area (TPSA) is 64.9 Å². The maximum Gasteiger partial charge on any atom is 0.320 e. The summed E-state index contributed by atoms with van der Waals surface area (Å²) in [6.45, 7) is 3.71. The Kier molecular flexibility index (Phi) is 5.26. The Morgan fingerprint density at radius 3 is 2.50 bits per heavy atom. The molecule has 0 bridgehead atoms. The van der Waals surface area contributed by atoms with Crippen molar-refractivity contribution in [2.24, 2.45) is 5.92 Å². The van der Waals surface area contributed by atoms with E-state index in [1.807, 2.05) is 19.9 Å². The predicted molar refractivity (Wildman–Crippen MR) is 72.9 cm³/mol. The summed E-state index contributed by atoms with van der Waals surface area (Å²) < 4.78 is 0. The first-order valence-corrected chi connectivity index (χ1v) is 6.12. The number of carbonyl (C=O) groups is 1. The Morgan fingerprint density at radius 2 is 2.00 bits per heavy atom. The Hall–Kier alpha value is -1.44. The van der Waals surface area contributed by atoms with E-state index in [2.05, 4.69) is 10.6 Å². The summed E-state index contributed by atoms with van der Waals surface area (Å²) in [7, 11) is 0. The molecule has 1 aromatic rings. The highest BCUT2D eigenvalue weighted by Gasteiger charge is 2.15. The lowest BCUT2D eigenvalue weighted by Gasteiger charge is -2.15. The highest BCUT2D eigenvalue weighted by atomic mass is 35.5. The number of urea groups is 1. The van der Waals surface area contributed by atoms with Gasteiger partial charge >= 0.3 is 6.03 Å². The normalized spacial score (nSPS) is 11.8. The number of anilines is 1. The zero-order valence-electron chi connectivity index (χ0n) is 10.00. The third kappa shape index (κ3) is 4.10. The molecule has 0 radical (unpaired) electrons. The molecule has 2 N–H and O–H groups in total. The molecular formula is C12H13Cl2N3O. The van der Waals surface area contributed by atoms with E-state index in [4.69, 9.17) is 28.5 Å². The van der Waals surface area contributed by atoms with Gasteiger partial charge < -0.3 is 10.6 Å². The number of nitriles is 1. The van der Waals surface area contributed by atoms with Crippen LogP contribution in [-0.2, 0) is 0 Å². The first-order valence-electron chi connectivity index (χ1n) is 5.36. The van der Waals surface area contributed by atoms with Crippen molar-refractivity contribution in [3.8, 4) is 6.07 Å². The number of carbonyl (C=O) groups excluding carboxylic acids is 1. The lowest BCUT2D eigenvalue weighted by atomic mass is 10.1. The quantitative estimate of drug-likeness (QED) is 0.890. The van der Waals surface area contributed by atoms with Crippen molar-refractivity contribution >= 4 is 34.9 Å². The van der Waals surface area contributed by atoms with Crippen LogP contribution in [0.4, 0.5) is 10.5 Å². The third-order valence-corrected chi connectivity index (χ3v) is 3.01. The van der Waals surface area contributed by atoms with Crippen LogP contribution in [0.1, 0.15) is 13.8 Å². The van der Waals surface area contributed by atoms with E-state index in [9.17, 15) is 4.79 Å². The molecule has 96 valence electrons. The summed E-state index contributed by atoms with van der Waals surface area (Å²) in [5.74, 6) is 0.0366. The standard InChI is InChI=1S/C12H13Cl2N3O/c1-7(2)11(6-15)17-12(18)16-8-3-4-9(13)10(14)5-8/h3-5,7,11H,1-2H3,(H2,16,17,18). The molecule has 0 heterocycles. The highest BCUT2D eigenvalue weighted by molar-refractivity contribution is 6.42. The number of nitrogens with one attached hydrogen (secondary N) is 2. The predicted octanol–water partition coefficient (Wildman–Crippen LogP) is 3.66. The lowest BCUT2D eigenvalue weighted by Crippen LogP contribution is -2.40. The number of halogens is 2. The van der Waals surface area contributed by atoms with Crippen LogP contribution in [0.5, 0.6) is 0 Å². The van der Waals surface area contributed by atoms with Gasteiger partial charge in [0.05, 0.1) is 16.1 Å². The van der Waals surface area contributed by atoms with Crippen molar-refractivity contribution < 1.29 is 4.79 Å². The van der Waals surface area contributed by atoms with Crippen molar-refractivity contribution in [2.75, 3.05) is 5.32 Å². The highest BCUT2D eigenvalue weighted by Crippen LogP contribution is 2.24. The fourth-order valence-corrected chi connectivity index (χ4v) is 1.53. The van der Waals surface area contributed by atoms with Crippen LogP contribution in [0, 0.1) is 17.2 Å². The molecule has 0 spiro atoms. The van der Waals surface area contributed by atoms with Gasteiger partial charge in [-0.2, -0.15) is 5.26 Å². The zero-order valence-corrected chi connectivity index (χ0v) is 11.5. The summed E-state index contributed by atoms with van der Waals surface area (Å²) >= 11 is 11.6. The third-order valence-electron chi connectivity index (χ3n) is 2.27. The first kappa shape index (κ1) is 14.6. The molecule has 0 fully saturated rings. The van der Waals surface area contributed by atoms with Gasteiger partial charge in [0.15, 0.2) is 0 Å². The molecule has 0 saturated carbocycles. The van der Waals surface area contributed by atoms with Gasteiger partial charge in [-0.05, 0) is 24.1 Å². The van der Waals surface area contributed by atoms with Crippen molar-refractivity contribution in [3.05, 3.63) is 28.2 Å². The van der Waals surface area contributed by atoms with Crippen molar-refractivity contribution in [3.63, 3.8) is 0 Å². The molecule has 4 nitrogen and oxygen atoms in total. The molecule has 0 aromatic heterocycles. The number of hydrogen-bond acceptors (Lipinski definition) is 2. The number of hydrogen-bond donors (Lipinski definition) is 2. The van der Waals surface area contributed by atoms with Crippen LogP contribution < -0.4 is 10.6 Å². The largest absolute Gasteiger partial charge is 0.322 e. The smallest absolute Gasteiger partial charge is 0.320 e. The monoisotopic (exact) mass is 285 g/mol. The van der Waals surface area contributed by atoms with Gasteiger partial charge in [-0.15, -0.1) is 0 Å². The fourth-order valence-electron chi connectivity index (χ4n) is 1.23. The molecule has 6 heteroatoms. The van der Waals surface area contributed by atoms with E-state index in [0.717, 1.165) is 0 Å². The fraction of sp³-hybridized carbons (Fsp3) is 0.333. The molecule has 0 saturated heterocycles. The minimum Gasteiger partial charge on any atom is -0.322 e. The molecule has 1 unspecified atom stereocenters. The minimum atomic E-state index is -0.534. The van der Waals surface area contributed by atoms with Gasteiger partial charge in [0.1, 0.15) is 6.04 Å². The van der Waals surface area contributed by atoms with Crippen molar-refractivity contribution in [1.82, 2.24) is 5.32 Å². The van der Waals surface area contributed by atoms with Crippen molar-refractivity contribution in [2.45, 2.75) is 19.9 Å². The minimum absolute atomic E-state index is 0.0366. The number of rotatable bonds is 3. The van der Waals surface area contributed by atoms with Gasteiger partial charge in [0, 0.05) is 5.69 Å². The van der Waals surface area contributed by atoms with Gasteiger partial charge in [0.2, 0.25) is 0 Å². The first-order chi connectivity index (χ1) is 8.43. The molecule has 0 aliphatic heterocycles. The molecular weight excluding hydrogens is 273 g/mol. The average Bonchev–Trinajstić information content (AvgIpc) is 2.30. The summed E-state index contributed by atoms with van der Waals surface area (Å²) in [6, 6.07) is 5.79. The van der Waals surface area contributed by atoms with E-state index in [1.54, 1.807) is 18.2 Å². The lowest BCUT2D eigenvalue weighted by molar-refractivity contribution is 0.248. The molecule has 2 amide bonds. The summed E-state index contributed by atoms with van der Waals surface area (Å²) in [6.07, 6.45) is 0. The molecule has 0 aliphatic rings. The van der Waals surface area contributed by atoms with Crippen LogP contribution in [0.15, 0.2) is 18.2 Å². The van der Waals surface area contributed by atoms with Crippen LogP contribution >= 0.6 is 23.2 Å². The van der Waals surface area contributed by atoms with Crippen LogP contribution in [0.25, 0.3) is 0 Å². The Morgan fingerprint density at radius 1 is 1.33 bits per heavy atom. The molecule has 0 aliphatic carbocycles.